The third-order valence-corrected chi connectivity index (χ3v) is 1.39. The molecule has 48 valence electrons. The molecule has 0 aromatic rings. The van der Waals surface area contributed by atoms with Crippen molar-refractivity contribution < 1.29 is 0 Å². The molecule has 0 aromatic heterocycles. The summed E-state index contributed by atoms with van der Waals surface area (Å²) in [5.74, 6) is 0. The molecule has 0 aliphatic carbocycles. The minimum Gasteiger partial charge on any atom is -0.374 e. The van der Waals surface area contributed by atoms with Crippen molar-refractivity contribution in [3.63, 3.8) is 0 Å². The SMILES string of the molecule is CCNC(Cl)=C(Cl)Cl. The van der Waals surface area contributed by atoms with E-state index < -0.39 is 0 Å². The van der Waals surface area contributed by atoms with Gasteiger partial charge in [0.05, 0.1) is 0 Å². The van der Waals surface area contributed by atoms with Crippen molar-refractivity contribution >= 4 is 34.8 Å². The molecule has 0 atom stereocenters. The van der Waals surface area contributed by atoms with Crippen LogP contribution in [0.25, 0.3) is 0 Å². The first kappa shape index (κ1) is 8.41. The summed E-state index contributed by atoms with van der Waals surface area (Å²) in [6.45, 7) is 2.63. The molecular formula is C4H6Cl3N. The number of hydrogen-bond acceptors (Lipinski definition) is 1. The largest absolute Gasteiger partial charge is 0.374 e. The Morgan fingerprint density at radius 2 is 1.88 bits per heavy atom. The number of rotatable bonds is 2. The molecular weight excluding hydrogens is 168 g/mol. The van der Waals surface area contributed by atoms with Gasteiger partial charge >= 0.3 is 0 Å². The monoisotopic (exact) mass is 173 g/mol. The van der Waals surface area contributed by atoms with Crippen molar-refractivity contribution in [1.82, 2.24) is 5.32 Å². The van der Waals surface area contributed by atoms with E-state index in [-0.39, 0.29) is 4.49 Å². The average molecular weight is 174 g/mol. The molecule has 1 N–H and O–H groups in total. The predicted molar refractivity (Wildman–Crippen MR) is 38.3 cm³/mol. The van der Waals surface area contributed by atoms with Gasteiger partial charge in [-0.3, -0.25) is 0 Å². The lowest BCUT2D eigenvalue weighted by Crippen LogP contribution is -2.07. The Labute approximate surface area is 63.6 Å². The highest BCUT2D eigenvalue weighted by atomic mass is 35.5. The zero-order chi connectivity index (χ0) is 6.57. The molecule has 0 amide bonds. The topological polar surface area (TPSA) is 12.0 Å². The third kappa shape index (κ3) is 3.42. The molecule has 0 saturated heterocycles. The van der Waals surface area contributed by atoms with Crippen LogP contribution in [0.5, 0.6) is 0 Å². The first-order chi connectivity index (χ1) is 3.68. The number of nitrogens with one attached hydrogen (secondary N) is 1. The van der Waals surface area contributed by atoms with Gasteiger partial charge in [-0.25, -0.2) is 0 Å². The van der Waals surface area contributed by atoms with Crippen LogP contribution in [0.1, 0.15) is 6.92 Å². The first-order valence-corrected chi connectivity index (χ1v) is 3.26. The van der Waals surface area contributed by atoms with Crippen molar-refractivity contribution in [1.29, 1.82) is 0 Å². The normalized spacial score (nSPS) is 8.50. The van der Waals surface area contributed by atoms with E-state index in [0.717, 1.165) is 6.54 Å². The molecule has 0 heterocycles. The third-order valence-electron chi connectivity index (χ3n) is 0.498. The van der Waals surface area contributed by atoms with Crippen molar-refractivity contribution in [3.05, 3.63) is 9.65 Å². The summed E-state index contributed by atoms with van der Waals surface area (Å²) in [6, 6.07) is 0. The molecule has 0 aliphatic heterocycles. The van der Waals surface area contributed by atoms with Crippen molar-refractivity contribution in [3.8, 4) is 0 Å². The number of hydrogen-bond donors (Lipinski definition) is 1. The second kappa shape index (κ2) is 4.30. The highest BCUT2D eigenvalue weighted by Crippen LogP contribution is 2.14. The lowest BCUT2D eigenvalue weighted by molar-refractivity contribution is 0.902. The second-order valence-corrected chi connectivity index (χ2v) is 2.43. The lowest BCUT2D eigenvalue weighted by atomic mass is 10.7. The molecule has 4 heteroatoms. The van der Waals surface area contributed by atoms with Gasteiger partial charge in [0.2, 0.25) is 0 Å². The highest BCUT2D eigenvalue weighted by Gasteiger charge is 1.92. The van der Waals surface area contributed by atoms with Gasteiger partial charge in [-0.2, -0.15) is 0 Å². The van der Waals surface area contributed by atoms with Crippen LogP contribution >= 0.6 is 34.8 Å². The van der Waals surface area contributed by atoms with E-state index >= 15 is 0 Å². The van der Waals surface area contributed by atoms with E-state index in [1.54, 1.807) is 0 Å². The molecule has 1 nitrogen and oxygen atoms in total. The zero-order valence-electron chi connectivity index (χ0n) is 4.34. The Morgan fingerprint density at radius 3 is 2.00 bits per heavy atom. The molecule has 8 heavy (non-hydrogen) atoms. The van der Waals surface area contributed by atoms with Gasteiger partial charge in [-0.05, 0) is 6.92 Å². The number of halogens is 3. The van der Waals surface area contributed by atoms with E-state index in [9.17, 15) is 0 Å². The van der Waals surface area contributed by atoms with Crippen LogP contribution in [0.15, 0.2) is 9.65 Å². The van der Waals surface area contributed by atoms with Crippen LogP contribution in [0.3, 0.4) is 0 Å². The van der Waals surface area contributed by atoms with Crippen LogP contribution in [-0.4, -0.2) is 6.54 Å². The van der Waals surface area contributed by atoms with Crippen molar-refractivity contribution in [2.24, 2.45) is 0 Å². The Morgan fingerprint density at radius 1 is 1.38 bits per heavy atom. The standard InChI is InChI=1S/C4H6Cl3N/c1-2-8-4(7)3(5)6/h8H,2H2,1H3. The second-order valence-electron chi connectivity index (χ2n) is 1.10. The molecule has 0 aliphatic rings. The van der Waals surface area contributed by atoms with Crippen molar-refractivity contribution in [2.45, 2.75) is 6.92 Å². The van der Waals surface area contributed by atoms with Gasteiger partial charge in [0.25, 0.3) is 0 Å². The summed E-state index contributed by atoms with van der Waals surface area (Å²) in [6.07, 6.45) is 0. The molecule has 0 radical (unpaired) electrons. The fraction of sp³-hybridized carbons (Fsp3) is 0.500. The maximum absolute atomic E-state index is 5.42. The van der Waals surface area contributed by atoms with Gasteiger partial charge in [0, 0.05) is 6.54 Å². The smallest absolute Gasteiger partial charge is 0.141 e. The van der Waals surface area contributed by atoms with Crippen LogP contribution in [0, 0.1) is 0 Å². The Kier molecular flexibility index (Phi) is 4.53. The maximum Gasteiger partial charge on any atom is 0.141 e. The summed E-state index contributed by atoms with van der Waals surface area (Å²) >= 11 is 15.9. The first-order valence-electron chi connectivity index (χ1n) is 2.13. The minimum atomic E-state index is 0.0773. The van der Waals surface area contributed by atoms with Crippen molar-refractivity contribution in [2.75, 3.05) is 6.54 Å². The molecule has 0 saturated carbocycles. The maximum atomic E-state index is 5.42. The molecule has 0 spiro atoms. The fourth-order valence-electron chi connectivity index (χ4n) is 0.222. The molecule has 0 rings (SSSR count). The summed E-state index contributed by atoms with van der Waals surface area (Å²) in [5, 5.41) is 3.03. The predicted octanol–water partition coefficient (Wildman–Crippen LogP) is 2.44. The quantitative estimate of drug-likeness (QED) is 0.634. The molecule has 0 fully saturated rings. The van der Waals surface area contributed by atoms with Gasteiger partial charge in [0.15, 0.2) is 0 Å². The minimum absolute atomic E-state index is 0.0773. The van der Waals surface area contributed by atoms with E-state index in [4.69, 9.17) is 34.8 Å². The van der Waals surface area contributed by atoms with E-state index in [0.29, 0.717) is 5.16 Å². The van der Waals surface area contributed by atoms with Crippen LogP contribution in [-0.2, 0) is 0 Å². The summed E-state index contributed by atoms with van der Waals surface area (Å²) < 4.78 is 0.0773. The fourth-order valence-corrected chi connectivity index (χ4v) is 0.489. The van der Waals surface area contributed by atoms with Gasteiger partial charge in [-0.15, -0.1) is 0 Å². The van der Waals surface area contributed by atoms with E-state index in [1.807, 2.05) is 6.92 Å². The van der Waals surface area contributed by atoms with Gasteiger partial charge in [0.1, 0.15) is 9.65 Å². The zero-order valence-corrected chi connectivity index (χ0v) is 6.61. The van der Waals surface area contributed by atoms with Crippen LogP contribution < -0.4 is 5.32 Å². The highest BCUT2D eigenvalue weighted by molar-refractivity contribution is 6.59. The van der Waals surface area contributed by atoms with Gasteiger partial charge in [-0.1, -0.05) is 34.8 Å². The Balaban J connectivity index is 3.62. The summed E-state index contributed by atoms with van der Waals surface area (Å²) in [4.78, 5) is 0. The van der Waals surface area contributed by atoms with E-state index in [1.165, 1.54) is 0 Å². The Hall–Kier alpha value is 0.410. The lowest BCUT2D eigenvalue weighted by Gasteiger charge is -1.97. The summed E-state index contributed by atoms with van der Waals surface area (Å²) in [7, 11) is 0. The molecule has 0 aromatic carbocycles. The average Bonchev–Trinajstić information content (AvgIpc) is 1.67. The van der Waals surface area contributed by atoms with E-state index in [2.05, 4.69) is 5.32 Å². The Bertz CT molecular complexity index is 95.5. The van der Waals surface area contributed by atoms with Crippen LogP contribution in [0.2, 0.25) is 0 Å². The van der Waals surface area contributed by atoms with Gasteiger partial charge < -0.3 is 5.32 Å². The molecule has 0 unspecified atom stereocenters. The van der Waals surface area contributed by atoms with Crippen LogP contribution in [0.4, 0.5) is 0 Å². The molecule has 0 bridgehead atoms. The summed E-state index contributed by atoms with van der Waals surface area (Å²) in [5.41, 5.74) is 0.